The third kappa shape index (κ3) is 1.97. The molecule has 4 N–H and O–H groups in total. The lowest BCUT2D eigenvalue weighted by atomic mass is 10.2. The molecule has 0 aliphatic heterocycles. The number of fused-ring (bicyclic) bond motifs is 1. The molecule has 0 saturated heterocycles. The van der Waals surface area contributed by atoms with Crippen LogP contribution in [0.3, 0.4) is 0 Å². The van der Waals surface area contributed by atoms with E-state index >= 15 is 0 Å². The van der Waals surface area contributed by atoms with Crippen LogP contribution in [0.2, 0.25) is 0 Å². The highest BCUT2D eigenvalue weighted by Crippen LogP contribution is 2.20. The number of benzene rings is 1. The number of nitrogens with two attached hydrogens (primary N) is 2. The third-order valence-corrected chi connectivity index (χ3v) is 2.58. The van der Waals surface area contributed by atoms with Gasteiger partial charge in [0.1, 0.15) is 5.69 Å². The first-order valence-electron chi connectivity index (χ1n) is 5.22. The Morgan fingerprint density at radius 3 is 2.16 bits per heavy atom. The molecule has 0 spiro atoms. The predicted octanol–water partition coefficient (Wildman–Crippen LogP) is -0.565. The Labute approximate surface area is 106 Å². The molecule has 0 atom stereocenters. The fourth-order valence-electron chi connectivity index (χ4n) is 1.78. The summed E-state index contributed by atoms with van der Waals surface area (Å²) >= 11 is 0. The Hall–Kier alpha value is -2.96. The summed E-state index contributed by atoms with van der Waals surface area (Å²) in [7, 11) is 0. The van der Waals surface area contributed by atoms with E-state index in [0.717, 1.165) is 4.57 Å². The summed E-state index contributed by atoms with van der Waals surface area (Å²) in [6, 6.07) is 7.75. The molecule has 2 amide bonds. The van der Waals surface area contributed by atoms with Crippen LogP contribution >= 0.6 is 0 Å². The monoisotopic (exact) mass is 259 g/mol. The molecule has 0 radical (unpaired) electrons. The molecule has 1 heterocycles. The minimum absolute atomic E-state index is 0.280. The zero-order valence-corrected chi connectivity index (χ0v) is 9.62. The third-order valence-electron chi connectivity index (χ3n) is 2.58. The summed E-state index contributed by atoms with van der Waals surface area (Å²) in [5.41, 5.74) is 9.85. The molecule has 7 nitrogen and oxygen atoms in total. The van der Waals surface area contributed by atoms with Crippen molar-refractivity contribution in [1.29, 1.82) is 0 Å². The van der Waals surface area contributed by atoms with Crippen molar-refractivity contribution in [3.05, 3.63) is 36.0 Å². The molecule has 0 unspecified atom stereocenters. The topological polar surface area (TPSA) is 125 Å². The van der Waals surface area contributed by atoms with Gasteiger partial charge in [-0.15, -0.1) is 0 Å². The maximum atomic E-state index is 11.8. The zero-order valence-electron chi connectivity index (χ0n) is 9.62. The standard InChI is InChI=1S/C12H9N3O4/c13-10(17)9(16)8-5-6-3-1-2-4-7(6)15(8)12(19)11(14)18/h1-5H,(H2,13,17)(H2,14,18). The highest BCUT2D eigenvalue weighted by Gasteiger charge is 2.25. The first kappa shape index (κ1) is 12.5. The number of rotatable bonds is 2. The average Bonchev–Trinajstić information content (AvgIpc) is 2.75. The average molecular weight is 259 g/mol. The second-order valence-corrected chi connectivity index (χ2v) is 3.79. The van der Waals surface area contributed by atoms with Crippen LogP contribution in [0, 0.1) is 0 Å². The summed E-state index contributed by atoms with van der Waals surface area (Å²) < 4.78 is 0.796. The summed E-state index contributed by atoms with van der Waals surface area (Å²) in [4.78, 5) is 45.4. The molecule has 0 aliphatic carbocycles. The molecule has 0 saturated carbocycles. The lowest BCUT2D eigenvalue weighted by Crippen LogP contribution is -2.33. The van der Waals surface area contributed by atoms with Gasteiger partial charge in [-0.25, -0.2) is 0 Å². The Kier molecular flexibility index (Phi) is 2.88. The summed E-state index contributed by atoms with van der Waals surface area (Å²) in [5, 5.41) is 0.515. The second kappa shape index (κ2) is 4.37. The van der Waals surface area contributed by atoms with Crippen molar-refractivity contribution in [3.63, 3.8) is 0 Å². The molecule has 0 fully saturated rings. The van der Waals surface area contributed by atoms with Crippen LogP contribution in [0.15, 0.2) is 30.3 Å². The van der Waals surface area contributed by atoms with Gasteiger partial charge in [0.2, 0.25) is 0 Å². The van der Waals surface area contributed by atoms with Gasteiger partial charge >= 0.3 is 11.8 Å². The van der Waals surface area contributed by atoms with Crippen molar-refractivity contribution in [3.8, 4) is 0 Å². The number of amides is 2. The molecule has 0 aliphatic rings. The summed E-state index contributed by atoms with van der Waals surface area (Å²) in [6.07, 6.45) is 0. The van der Waals surface area contributed by atoms with Crippen LogP contribution in [0.1, 0.15) is 15.3 Å². The van der Waals surface area contributed by atoms with Crippen LogP contribution in [-0.2, 0) is 9.59 Å². The molecule has 0 bridgehead atoms. The van der Waals surface area contributed by atoms with Gasteiger partial charge in [-0.05, 0) is 12.1 Å². The quantitative estimate of drug-likeness (QED) is 0.553. The fraction of sp³-hybridized carbons (Fsp3) is 0. The van der Waals surface area contributed by atoms with Crippen molar-refractivity contribution in [2.45, 2.75) is 0 Å². The van der Waals surface area contributed by atoms with Crippen molar-refractivity contribution in [2.24, 2.45) is 11.5 Å². The van der Waals surface area contributed by atoms with Gasteiger partial charge < -0.3 is 11.5 Å². The van der Waals surface area contributed by atoms with Crippen molar-refractivity contribution >= 4 is 34.4 Å². The van der Waals surface area contributed by atoms with E-state index in [1.54, 1.807) is 18.2 Å². The van der Waals surface area contributed by atoms with Crippen LogP contribution in [-0.4, -0.2) is 28.1 Å². The number of para-hydroxylation sites is 1. The largest absolute Gasteiger partial charge is 0.363 e. The van der Waals surface area contributed by atoms with E-state index in [1.807, 2.05) is 0 Å². The SMILES string of the molecule is NC(=O)C(=O)c1cc2ccccc2n1C(=O)C(N)=O. The molecule has 2 aromatic rings. The van der Waals surface area contributed by atoms with Crippen LogP contribution < -0.4 is 11.5 Å². The summed E-state index contributed by atoms with van der Waals surface area (Å²) in [5.74, 6) is -4.63. The van der Waals surface area contributed by atoms with Gasteiger partial charge in [-0.3, -0.25) is 23.7 Å². The predicted molar refractivity (Wildman–Crippen MR) is 65.3 cm³/mol. The van der Waals surface area contributed by atoms with E-state index in [0.29, 0.717) is 10.9 Å². The van der Waals surface area contributed by atoms with Gasteiger partial charge in [0, 0.05) is 5.39 Å². The number of carbonyl (C=O) groups excluding carboxylic acids is 4. The maximum absolute atomic E-state index is 11.8. The Bertz CT molecular complexity index is 730. The Morgan fingerprint density at radius 1 is 0.947 bits per heavy atom. The van der Waals surface area contributed by atoms with Crippen LogP contribution in [0.5, 0.6) is 0 Å². The minimum Gasteiger partial charge on any atom is -0.363 e. The van der Waals surface area contributed by atoms with Gasteiger partial charge in [0.05, 0.1) is 5.52 Å². The van der Waals surface area contributed by atoms with Gasteiger partial charge in [-0.1, -0.05) is 18.2 Å². The number of hydrogen-bond acceptors (Lipinski definition) is 4. The number of hydrogen-bond donors (Lipinski definition) is 2. The van der Waals surface area contributed by atoms with Gasteiger partial charge in [0.15, 0.2) is 0 Å². The number of nitrogens with zero attached hydrogens (tertiary/aromatic N) is 1. The highest BCUT2D eigenvalue weighted by atomic mass is 16.2. The lowest BCUT2D eigenvalue weighted by Gasteiger charge is -2.04. The number of primary amides is 2. The maximum Gasteiger partial charge on any atom is 0.320 e. The minimum atomic E-state index is -1.24. The van der Waals surface area contributed by atoms with Crippen molar-refractivity contribution in [1.82, 2.24) is 4.57 Å². The first-order chi connectivity index (χ1) is 8.93. The van der Waals surface area contributed by atoms with Crippen molar-refractivity contribution < 1.29 is 19.2 Å². The number of Topliss-reactive ketones (excluding diaryl/α,β-unsaturated/α-hetero) is 1. The number of aromatic nitrogens is 1. The lowest BCUT2D eigenvalue weighted by molar-refractivity contribution is -0.115. The van der Waals surface area contributed by atoms with Gasteiger partial charge in [-0.2, -0.15) is 0 Å². The van der Waals surface area contributed by atoms with Crippen LogP contribution in [0.25, 0.3) is 10.9 Å². The normalized spacial score (nSPS) is 10.3. The molecule has 7 heteroatoms. The first-order valence-corrected chi connectivity index (χ1v) is 5.22. The molecule has 19 heavy (non-hydrogen) atoms. The van der Waals surface area contributed by atoms with E-state index in [-0.39, 0.29) is 5.69 Å². The highest BCUT2D eigenvalue weighted by molar-refractivity contribution is 6.45. The Morgan fingerprint density at radius 2 is 1.58 bits per heavy atom. The zero-order chi connectivity index (χ0) is 14.2. The van der Waals surface area contributed by atoms with E-state index in [4.69, 9.17) is 11.5 Å². The van der Waals surface area contributed by atoms with Gasteiger partial charge in [0.25, 0.3) is 11.7 Å². The molecule has 1 aromatic carbocycles. The van der Waals surface area contributed by atoms with E-state index in [1.165, 1.54) is 12.1 Å². The molecule has 1 aromatic heterocycles. The van der Waals surface area contributed by atoms with E-state index in [2.05, 4.69) is 0 Å². The van der Waals surface area contributed by atoms with Crippen LogP contribution in [0.4, 0.5) is 0 Å². The Balaban J connectivity index is 2.79. The number of carbonyl (C=O) groups is 4. The smallest absolute Gasteiger partial charge is 0.320 e. The van der Waals surface area contributed by atoms with E-state index in [9.17, 15) is 19.2 Å². The van der Waals surface area contributed by atoms with E-state index < -0.39 is 23.5 Å². The molecule has 96 valence electrons. The molecule has 2 rings (SSSR count). The molecular weight excluding hydrogens is 250 g/mol. The summed E-state index contributed by atoms with van der Waals surface area (Å²) in [6.45, 7) is 0. The molecular formula is C12H9N3O4. The fourth-order valence-corrected chi connectivity index (χ4v) is 1.78. The second-order valence-electron chi connectivity index (χ2n) is 3.79. The van der Waals surface area contributed by atoms with Crippen molar-refractivity contribution in [2.75, 3.05) is 0 Å². The number of ketones is 1.